The SMILES string of the molecule is CCCCOc1ccc(CNCC2(N3CCCCC3)CCOCC2)cc1OC. The number of likely N-dealkylation sites (tertiary alicyclic amines) is 1. The first-order valence-electron chi connectivity index (χ1n) is 11.1. The predicted molar refractivity (Wildman–Crippen MR) is 113 cm³/mol. The summed E-state index contributed by atoms with van der Waals surface area (Å²) >= 11 is 0. The molecule has 0 aliphatic carbocycles. The highest BCUT2D eigenvalue weighted by atomic mass is 16.5. The Hall–Kier alpha value is -1.30. The lowest BCUT2D eigenvalue weighted by Gasteiger charge is -2.48. The molecule has 28 heavy (non-hydrogen) atoms. The fourth-order valence-electron chi connectivity index (χ4n) is 4.43. The van der Waals surface area contributed by atoms with E-state index in [9.17, 15) is 0 Å². The van der Waals surface area contributed by atoms with E-state index in [4.69, 9.17) is 14.2 Å². The van der Waals surface area contributed by atoms with Crippen LogP contribution in [0.3, 0.4) is 0 Å². The Morgan fingerprint density at radius 2 is 1.89 bits per heavy atom. The standard InChI is InChI=1S/C23H38N2O3/c1-3-4-14-28-21-9-8-20(17-22(21)26-2)18-24-19-23(10-15-27-16-11-23)25-12-6-5-7-13-25/h8-9,17,24H,3-7,10-16,18-19H2,1-2H3. The number of unbranched alkanes of at least 4 members (excludes halogenated alkanes) is 1. The fourth-order valence-corrected chi connectivity index (χ4v) is 4.43. The molecule has 0 saturated carbocycles. The van der Waals surface area contributed by atoms with Crippen molar-refractivity contribution in [1.82, 2.24) is 10.2 Å². The second-order valence-electron chi connectivity index (χ2n) is 8.18. The van der Waals surface area contributed by atoms with E-state index < -0.39 is 0 Å². The third-order valence-corrected chi connectivity index (χ3v) is 6.22. The molecule has 1 aromatic carbocycles. The van der Waals surface area contributed by atoms with Crippen molar-refractivity contribution in [2.75, 3.05) is 46.6 Å². The summed E-state index contributed by atoms with van der Waals surface area (Å²) in [6.45, 7) is 9.02. The molecule has 5 nitrogen and oxygen atoms in total. The van der Waals surface area contributed by atoms with Crippen LogP contribution in [-0.2, 0) is 11.3 Å². The van der Waals surface area contributed by atoms with E-state index in [1.165, 1.54) is 37.9 Å². The third-order valence-electron chi connectivity index (χ3n) is 6.22. The van der Waals surface area contributed by atoms with E-state index in [0.717, 1.165) is 70.1 Å². The second kappa shape index (κ2) is 11.0. The molecular weight excluding hydrogens is 352 g/mol. The monoisotopic (exact) mass is 390 g/mol. The van der Waals surface area contributed by atoms with Crippen LogP contribution in [-0.4, -0.2) is 57.0 Å². The first-order chi connectivity index (χ1) is 13.8. The normalized spacial score (nSPS) is 20.1. The van der Waals surface area contributed by atoms with Gasteiger partial charge in [-0.25, -0.2) is 0 Å². The molecule has 1 aromatic rings. The van der Waals surface area contributed by atoms with Gasteiger partial charge in [0.15, 0.2) is 11.5 Å². The summed E-state index contributed by atoms with van der Waals surface area (Å²) in [7, 11) is 1.71. The van der Waals surface area contributed by atoms with E-state index in [1.54, 1.807) is 7.11 Å². The van der Waals surface area contributed by atoms with E-state index in [0.29, 0.717) is 0 Å². The first kappa shape index (κ1) is 21.4. The van der Waals surface area contributed by atoms with Crippen molar-refractivity contribution in [3.8, 4) is 11.5 Å². The van der Waals surface area contributed by atoms with Crippen LogP contribution in [0.1, 0.15) is 57.4 Å². The van der Waals surface area contributed by atoms with Gasteiger partial charge in [-0.1, -0.05) is 25.8 Å². The minimum atomic E-state index is 0.256. The average molecular weight is 391 g/mol. The van der Waals surface area contributed by atoms with Gasteiger partial charge in [0.05, 0.1) is 13.7 Å². The van der Waals surface area contributed by atoms with Crippen molar-refractivity contribution in [3.63, 3.8) is 0 Å². The maximum Gasteiger partial charge on any atom is 0.161 e. The van der Waals surface area contributed by atoms with Crippen molar-refractivity contribution in [3.05, 3.63) is 23.8 Å². The third kappa shape index (κ3) is 5.62. The van der Waals surface area contributed by atoms with Gasteiger partial charge in [-0.15, -0.1) is 0 Å². The van der Waals surface area contributed by atoms with Gasteiger partial charge >= 0.3 is 0 Å². The van der Waals surface area contributed by atoms with E-state index >= 15 is 0 Å². The molecule has 2 aliphatic rings. The van der Waals surface area contributed by atoms with Crippen LogP contribution < -0.4 is 14.8 Å². The quantitative estimate of drug-likeness (QED) is 0.612. The van der Waals surface area contributed by atoms with Gasteiger partial charge in [0, 0.05) is 31.8 Å². The maximum absolute atomic E-state index is 5.85. The number of methoxy groups -OCH3 is 1. The van der Waals surface area contributed by atoms with Gasteiger partial charge < -0.3 is 19.5 Å². The fraction of sp³-hybridized carbons (Fsp3) is 0.739. The van der Waals surface area contributed by atoms with Crippen molar-refractivity contribution in [2.24, 2.45) is 0 Å². The molecule has 0 bridgehead atoms. The van der Waals surface area contributed by atoms with E-state index in [2.05, 4.69) is 29.3 Å². The van der Waals surface area contributed by atoms with Crippen LogP contribution in [0, 0.1) is 0 Å². The Morgan fingerprint density at radius 1 is 1.11 bits per heavy atom. The highest BCUT2D eigenvalue weighted by Gasteiger charge is 2.38. The van der Waals surface area contributed by atoms with Gasteiger partial charge in [0.25, 0.3) is 0 Å². The van der Waals surface area contributed by atoms with Crippen molar-refractivity contribution < 1.29 is 14.2 Å². The number of benzene rings is 1. The molecule has 3 rings (SSSR count). The van der Waals surface area contributed by atoms with E-state index in [-0.39, 0.29) is 5.54 Å². The van der Waals surface area contributed by atoms with Crippen LogP contribution in [0.25, 0.3) is 0 Å². The molecule has 158 valence electrons. The molecule has 1 N–H and O–H groups in total. The molecule has 2 aliphatic heterocycles. The first-order valence-corrected chi connectivity index (χ1v) is 11.1. The van der Waals surface area contributed by atoms with Gasteiger partial charge in [-0.2, -0.15) is 0 Å². The molecule has 0 amide bonds. The number of hydrogen-bond donors (Lipinski definition) is 1. The summed E-state index contributed by atoms with van der Waals surface area (Å²) in [4.78, 5) is 2.73. The van der Waals surface area contributed by atoms with E-state index in [1.807, 2.05) is 6.07 Å². The summed E-state index contributed by atoms with van der Waals surface area (Å²) < 4.78 is 17.1. The Kier molecular flexibility index (Phi) is 8.44. The molecule has 0 atom stereocenters. The predicted octanol–water partition coefficient (Wildman–Crippen LogP) is 4.00. The molecular formula is C23H38N2O3. The summed E-state index contributed by atoms with van der Waals surface area (Å²) in [6.07, 6.45) is 8.51. The number of hydrogen-bond acceptors (Lipinski definition) is 5. The number of nitrogens with zero attached hydrogens (tertiary/aromatic N) is 1. The molecule has 0 spiro atoms. The van der Waals surface area contributed by atoms with Gasteiger partial charge in [-0.3, -0.25) is 4.90 Å². The molecule has 0 aromatic heterocycles. The molecule has 2 saturated heterocycles. The number of piperidine rings is 1. The highest BCUT2D eigenvalue weighted by Crippen LogP contribution is 2.31. The summed E-state index contributed by atoms with van der Waals surface area (Å²) in [6, 6.07) is 6.29. The Bertz CT molecular complexity index is 581. The lowest BCUT2D eigenvalue weighted by atomic mass is 9.86. The number of nitrogens with one attached hydrogen (secondary N) is 1. The molecule has 2 heterocycles. The molecule has 0 radical (unpaired) electrons. The topological polar surface area (TPSA) is 43.0 Å². The smallest absolute Gasteiger partial charge is 0.161 e. The number of ether oxygens (including phenoxy) is 3. The lowest BCUT2D eigenvalue weighted by molar-refractivity contribution is -0.0358. The van der Waals surface area contributed by atoms with Crippen LogP contribution >= 0.6 is 0 Å². The molecule has 5 heteroatoms. The maximum atomic E-state index is 5.85. The summed E-state index contributed by atoms with van der Waals surface area (Å²) in [5, 5.41) is 3.74. The van der Waals surface area contributed by atoms with Crippen molar-refractivity contribution in [1.29, 1.82) is 0 Å². The van der Waals surface area contributed by atoms with Crippen LogP contribution in [0.2, 0.25) is 0 Å². The van der Waals surface area contributed by atoms with Gasteiger partial charge in [0.1, 0.15) is 0 Å². The Labute approximate surface area is 170 Å². The molecule has 2 fully saturated rings. The lowest BCUT2D eigenvalue weighted by Crippen LogP contribution is -2.59. The summed E-state index contributed by atoms with van der Waals surface area (Å²) in [5.41, 5.74) is 1.49. The number of rotatable bonds is 10. The second-order valence-corrected chi connectivity index (χ2v) is 8.18. The highest BCUT2D eigenvalue weighted by molar-refractivity contribution is 5.43. The largest absolute Gasteiger partial charge is 0.493 e. The van der Waals surface area contributed by atoms with Gasteiger partial charge in [0.2, 0.25) is 0 Å². The van der Waals surface area contributed by atoms with Crippen LogP contribution in [0.5, 0.6) is 11.5 Å². The zero-order chi connectivity index (χ0) is 19.7. The van der Waals surface area contributed by atoms with Crippen LogP contribution in [0.4, 0.5) is 0 Å². The van der Waals surface area contributed by atoms with Crippen molar-refractivity contribution >= 4 is 0 Å². The Morgan fingerprint density at radius 3 is 2.61 bits per heavy atom. The van der Waals surface area contributed by atoms with Crippen molar-refractivity contribution in [2.45, 2.75) is 64.0 Å². The molecule has 0 unspecified atom stereocenters. The zero-order valence-electron chi connectivity index (χ0n) is 17.8. The minimum Gasteiger partial charge on any atom is -0.493 e. The zero-order valence-corrected chi connectivity index (χ0v) is 17.8. The Balaban J connectivity index is 1.57. The summed E-state index contributed by atoms with van der Waals surface area (Å²) in [5.74, 6) is 1.67. The van der Waals surface area contributed by atoms with Crippen LogP contribution in [0.15, 0.2) is 18.2 Å². The minimum absolute atomic E-state index is 0.256. The van der Waals surface area contributed by atoms with Gasteiger partial charge in [-0.05, 0) is 62.9 Å². The average Bonchev–Trinajstić information content (AvgIpc) is 2.76.